The van der Waals surface area contributed by atoms with Gasteiger partial charge < -0.3 is 0 Å². The number of azide groups is 1. The second-order valence-corrected chi connectivity index (χ2v) is 1.30. The maximum Gasteiger partial charge on any atom is 0.237 e. The second-order valence-electron chi connectivity index (χ2n) is 1.30. The number of hydrogen-bond acceptors (Lipinski definition) is 1. The molecule has 0 atom stereocenters. The summed E-state index contributed by atoms with van der Waals surface area (Å²) in [5.74, 6) is 0. The minimum absolute atomic E-state index is 0.106. The van der Waals surface area contributed by atoms with E-state index in [-0.39, 0.29) is 6.85 Å². The maximum atomic E-state index is 7.70. The van der Waals surface area contributed by atoms with E-state index in [9.17, 15) is 0 Å². The van der Waals surface area contributed by atoms with Crippen LogP contribution in [-0.4, -0.2) is 6.85 Å². The molecule has 0 unspecified atom stereocenters. The Kier molecular flexibility index (Phi) is 2.33. The number of rotatable bonds is 1. The highest BCUT2D eigenvalue weighted by Crippen LogP contribution is 1.77. The summed E-state index contributed by atoms with van der Waals surface area (Å²) in [4.78, 5) is 2.56. The van der Waals surface area contributed by atoms with Crippen LogP contribution in [0.5, 0.6) is 0 Å². The molecule has 0 N–H and O–H groups in total. The standard InChI is InChI=1S/C2H6BN3/c1-3(2)5-6-4/h1-2H3. The van der Waals surface area contributed by atoms with E-state index in [2.05, 4.69) is 9.94 Å². The van der Waals surface area contributed by atoms with Gasteiger partial charge in [-0.15, -0.1) is 5.03 Å². The zero-order valence-electron chi connectivity index (χ0n) is 3.92. The van der Waals surface area contributed by atoms with Crippen LogP contribution in [-0.2, 0) is 0 Å². The maximum absolute atomic E-state index is 7.70. The van der Waals surface area contributed by atoms with Crippen molar-refractivity contribution in [1.29, 1.82) is 0 Å². The van der Waals surface area contributed by atoms with Gasteiger partial charge in [0.15, 0.2) is 0 Å². The summed E-state index contributed by atoms with van der Waals surface area (Å²) in [6, 6.07) is 0. The SMILES string of the molecule is CB(C)N=[N+]=[N-]. The van der Waals surface area contributed by atoms with Gasteiger partial charge in [-0.05, 0) is 10.4 Å². The van der Waals surface area contributed by atoms with Crippen molar-refractivity contribution in [3.05, 3.63) is 10.4 Å². The molecule has 6 heavy (non-hydrogen) atoms. The minimum Gasteiger partial charge on any atom is -0.149 e. The van der Waals surface area contributed by atoms with Crippen molar-refractivity contribution in [2.24, 2.45) is 5.03 Å². The Bertz CT molecular complexity index is 72.9. The van der Waals surface area contributed by atoms with E-state index in [1.807, 2.05) is 13.6 Å². The predicted molar refractivity (Wildman–Crippen MR) is 26.6 cm³/mol. The lowest BCUT2D eigenvalue weighted by atomic mass is 9.71. The molecule has 0 aliphatic rings. The van der Waals surface area contributed by atoms with E-state index >= 15 is 0 Å². The lowest BCUT2D eigenvalue weighted by Crippen LogP contribution is -1.88. The average Bonchev–Trinajstić information content (AvgIpc) is 1.35. The molecule has 0 aromatic rings. The highest BCUT2D eigenvalue weighted by Gasteiger charge is 1.86. The van der Waals surface area contributed by atoms with Crippen molar-refractivity contribution >= 4 is 6.85 Å². The molecule has 0 aromatic carbocycles. The molecule has 0 aliphatic carbocycles. The van der Waals surface area contributed by atoms with Crippen molar-refractivity contribution in [3.63, 3.8) is 0 Å². The Morgan fingerprint density at radius 3 is 2.17 bits per heavy atom. The quantitative estimate of drug-likeness (QED) is 0.200. The summed E-state index contributed by atoms with van der Waals surface area (Å²) in [5.41, 5.74) is 7.70. The van der Waals surface area contributed by atoms with Crippen molar-refractivity contribution in [1.82, 2.24) is 0 Å². The normalized spacial score (nSPS) is 6.33. The van der Waals surface area contributed by atoms with Gasteiger partial charge in [-0.3, -0.25) is 0 Å². The molecule has 3 nitrogen and oxygen atoms in total. The predicted octanol–water partition coefficient (Wildman–Crippen LogP) is 1.55. The van der Waals surface area contributed by atoms with Gasteiger partial charge in [-0.2, -0.15) is 0 Å². The average molecular weight is 82.9 g/mol. The Balaban J connectivity index is 3.29. The first-order valence-electron chi connectivity index (χ1n) is 1.81. The van der Waals surface area contributed by atoms with E-state index in [1.54, 1.807) is 0 Å². The molecule has 0 aromatic heterocycles. The van der Waals surface area contributed by atoms with Crippen LogP contribution in [0.25, 0.3) is 10.4 Å². The molecular formula is C2H6BN3. The van der Waals surface area contributed by atoms with Crippen LogP contribution >= 0.6 is 0 Å². The van der Waals surface area contributed by atoms with Crippen molar-refractivity contribution in [2.75, 3.05) is 0 Å². The molecule has 0 spiro atoms. The molecule has 0 heterocycles. The molecule has 4 heteroatoms. The van der Waals surface area contributed by atoms with Gasteiger partial charge in [-0.25, -0.2) is 0 Å². The fourth-order valence-electron chi connectivity index (χ4n) is 0.103. The van der Waals surface area contributed by atoms with E-state index < -0.39 is 0 Å². The van der Waals surface area contributed by atoms with Gasteiger partial charge in [0.05, 0.1) is 0 Å². The first-order valence-corrected chi connectivity index (χ1v) is 1.81. The van der Waals surface area contributed by atoms with Crippen LogP contribution in [0.1, 0.15) is 0 Å². The zero-order valence-corrected chi connectivity index (χ0v) is 3.92. The van der Waals surface area contributed by atoms with Crippen molar-refractivity contribution < 1.29 is 0 Å². The number of hydrogen-bond donors (Lipinski definition) is 0. The van der Waals surface area contributed by atoms with Crippen LogP contribution in [0.2, 0.25) is 13.6 Å². The lowest BCUT2D eigenvalue weighted by Gasteiger charge is -1.75. The lowest BCUT2D eigenvalue weighted by molar-refractivity contribution is 1.63. The summed E-state index contributed by atoms with van der Waals surface area (Å²) in [6.07, 6.45) is 0. The fraction of sp³-hybridized carbons (Fsp3) is 1.00. The molecule has 0 aliphatic heterocycles. The van der Waals surface area contributed by atoms with Gasteiger partial charge in [0.2, 0.25) is 6.85 Å². The molecule has 0 saturated carbocycles. The smallest absolute Gasteiger partial charge is 0.149 e. The summed E-state index contributed by atoms with van der Waals surface area (Å²) < 4.78 is 0. The highest BCUT2D eigenvalue weighted by atomic mass is 15.1. The second kappa shape index (κ2) is 2.60. The Labute approximate surface area is 37.1 Å². The van der Waals surface area contributed by atoms with Crippen molar-refractivity contribution in [2.45, 2.75) is 13.6 Å². The molecule has 32 valence electrons. The Hall–Kier alpha value is -0.625. The molecule has 0 saturated heterocycles. The minimum atomic E-state index is 0.106. The van der Waals surface area contributed by atoms with Crippen molar-refractivity contribution in [3.8, 4) is 0 Å². The van der Waals surface area contributed by atoms with Crippen LogP contribution in [0, 0.1) is 0 Å². The van der Waals surface area contributed by atoms with Crippen LogP contribution < -0.4 is 0 Å². The summed E-state index contributed by atoms with van der Waals surface area (Å²) in [5, 5.41) is 3.31. The number of nitrogens with zero attached hydrogens (tertiary/aromatic N) is 3. The first kappa shape index (κ1) is 5.37. The molecular weight excluding hydrogens is 76.9 g/mol. The molecule has 0 radical (unpaired) electrons. The summed E-state index contributed by atoms with van der Waals surface area (Å²) in [6.45, 7) is 3.77. The van der Waals surface area contributed by atoms with E-state index in [0.29, 0.717) is 0 Å². The molecule has 0 fully saturated rings. The van der Waals surface area contributed by atoms with E-state index in [0.717, 1.165) is 0 Å². The third-order valence-electron chi connectivity index (χ3n) is 0.283. The van der Waals surface area contributed by atoms with Gasteiger partial charge in [0.25, 0.3) is 0 Å². The molecule has 0 bridgehead atoms. The van der Waals surface area contributed by atoms with Crippen LogP contribution in [0.3, 0.4) is 0 Å². The van der Waals surface area contributed by atoms with Gasteiger partial charge in [-0.1, -0.05) is 13.6 Å². The zero-order chi connectivity index (χ0) is 4.99. The monoisotopic (exact) mass is 83.1 g/mol. The Morgan fingerprint density at radius 1 is 1.67 bits per heavy atom. The van der Waals surface area contributed by atoms with E-state index in [1.165, 1.54) is 0 Å². The topological polar surface area (TPSA) is 48.8 Å². The highest BCUT2D eigenvalue weighted by molar-refractivity contribution is 6.53. The van der Waals surface area contributed by atoms with Crippen LogP contribution in [0.15, 0.2) is 5.03 Å². The first-order chi connectivity index (χ1) is 2.77. The fourth-order valence-corrected chi connectivity index (χ4v) is 0.103. The van der Waals surface area contributed by atoms with Gasteiger partial charge in [0, 0.05) is 0 Å². The summed E-state index contributed by atoms with van der Waals surface area (Å²) in [7, 11) is 0. The van der Waals surface area contributed by atoms with Gasteiger partial charge >= 0.3 is 0 Å². The van der Waals surface area contributed by atoms with Gasteiger partial charge in [0.1, 0.15) is 0 Å². The van der Waals surface area contributed by atoms with Crippen LogP contribution in [0.4, 0.5) is 0 Å². The van der Waals surface area contributed by atoms with E-state index in [4.69, 9.17) is 5.53 Å². The largest absolute Gasteiger partial charge is 0.237 e. The Morgan fingerprint density at radius 2 is 2.17 bits per heavy atom. The molecule has 0 amide bonds. The third kappa shape index (κ3) is 3.37. The molecule has 0 rings (SSSR count). The summed E-state index contributed by atoms with van der Waals surface area (Å²) >= 11 is 0. The third-order valence-corrected chi connectivity index (χ3v) is 0.283.